The van der Waals surface area contributed by atoms with Crippen molar-refractivity contribution in [3.63, 3.8) is 0 Å². The summed E-state index contributed by atoms with van der Waals surface area (Å²) < 4.78 is 0. The first-order chi connectivity index (χ1) is 7.90. The maximum Gasteiger partial charge on any atom is 0.0201 e. The quantitative estimate of drug-likeness (QED) is 0.806. The highest BCUT2D eigenvalue weighted by Gasteiger charge is 2.26. The van der Waals surface area contributed by atoms with E-state index in [2.05, 4.69) is 11.8 Å². The highest BCUT2D eigenvalue weighted by atomic mass is 32.2. The van der Waals surface area contributed by atoms with Crippen LogP contribution in [0.15, 0.2) is 0 Å². The third kappa shape index (κ3) is 3.66. The Hall–Kier alpha value is 0.310. The van der Waals surface area contributed by atoms with Crippen LogP contribution in [0.25, 0.3) is 0 Å². The van der Waals surface area contributed by atoms with Crippen molar-refractivity contribution in [2.24, 2.45) is 11.7 Å². The van der Waals surface area contributed by atoms with E-state index in [9.17, 15) is 0 Å². The molecule has 2 aliphatic rings. The Morgan fingerprint density at radius 1 is 0.875 bits per heavy atom. The second-order valence-corrected chi connectivity index (χ2v) is 7.11. The Kier molecular flexibility index (Phi) is 5.51. The molecule has 0 aromatic carbocycles. The van der Waals surface area contributed by atoms with Crippen molar-refractivity contribution in [2.45, 2.75) is 74.7 Å². The van der Waals surface area contributed by atoms with Gasteiger partial charge in [-0.2, -0.15) is 11.8 Å². The van der Waals surface area contributed by atoms with Crippen LogP contribution < -0.4 is 5.73 Å². The number of rotatable bonds is 4. The molecular formula is C14H27NS. The molecule has 2 saturated carbocycles. The smallest absolute Gasteiger partial charge is 0.0201 e. The Labute approximate surface area is 105 Å². The number of hydrogen-bond donors (Lipinski definition) is 1. The number of nitrogens with two attached hydrogens (primary N) is 1. The minimum absolute atomic E-state index is 0.767. The van der Waals surface area contributed by atoms with Gasteiger partial charge in [0.25, 0.3) is 0 Å². The van der Waals surface area contributed by atoms with Crippen LogP contribution >= 0.6 is 11.8 Å². The fraction of sp³-hybridized carbons (Fsp3) is 1.00. The van der Waals surface area contributed by atoms with E-state index in [1.807, 2.05) is 0 Å². The molecule has 0 bridgehead atoms. The lowest BCUT2D eigenvalue weighted by atomic mass is 9.87. The molecule has 2 heteroatoms. The molecule has 0 aromatic rings. The van der Waals surface area contributed by atoms with Crippen LogP contribution in [-0.4, -0.2) is 17.0 Å². The van der Waals surface area contributed by atoms with Crippen LogP contribution in [0, 0.1) is 5.92 Å². The lowest BCUT2D eigenvalue weighted by Gasteiger charge is -2.33. The third-order valence-corrected chi connectivity index (χ3v) is 6.11. The van der Waals surface area contributed by atoms with Gasteiger partial charge in [-0.05, 0) is 31.6 Å². The molecule has 0 heterocycles. The van der Waals surface area contributed by atoms with Gasteiger partial charge < -0.3 is 5.73 Å². The van der Waals surface area contributed by atoms with Crippen molar-refractivity contribution >= 4 is 11.8 Å². The van der Waals surface area contributed by atoms with E-state index in [1.54, 1.807) is 0 Å². The predicted molar refractivity (Wildman–Crippen MR) is 73.9 cm³/mol. The molecule has 0 radical (unpaired) electrons. The summed E-state index contributed by atoms with van der Waals surface area (Å²) in [5.41, 5.74) is 6.00. The topological polar surface area (TPSA) is 26.0 Å². The standard InChI is InChI=1S/C14H27NS/c15-11-14(12-7-3-1-4-8-12)16-13-9-5-2-6-10-13/h12-14H,1-11,15H2. The zero-order valence-electron chi connectivity index (χ0n) is 10.5. The van der Waals surface area contributed by atoms with Gasteiger partial charge in [0.2, 0.25) is 0 Å². The molecule has 0 aliphatic heterocycles. The summed E-state index contributed by atoms with van der Waals surface area (Å²) in [6.07, 6.45) is 14.5. The van der Waals surface area contributed by atoms with Crippen LogP contribution in [0.1, 0.15) is 64.2 Å². The summed E-state index contributed by atoms with van der Waals surface area (Å²) in [6, 6.07) is 0. The summed E-state index contributed by atoms with van der Waals surface area (Å²) in [4.78, 5) is 0. The van der Waals surface area contributed by atoms with E-state index >= 15 is 0 Å². The van der Waals surface area contributed by atoms with Crippen LogP contribution in [0.3, 0.4) is 0 Å². The van der Waals surface area contributed by atoms with E-state index in [4.69, 9.17) is 5.73 Å². The van der Waals surface area contributed by atoms with Crippen molar-refractivity contribution in [3.8, 4) is 0 Å². The van der Waals surface area contributed by atoms with Crippen LogP contribution in [0.2, 0.25) is 0 Å². The maximum atomic E-state index is 6.00. The highest BCUT2D eigenvalue weighted by Crippen LogP contribution is 2.38. The summed E-state index contributed by atoms with van der Waals surface area (Å²) in [7, 11) is 0. The van der Waals surface area contributed by atoms with Gasteiger partial charge in [0.05, 0.1) is 0 Å². The van der Waals surface area contributed by atoms with Gasteiger partial charge in [-0.3, -0.25) is 0 Å². The van der Waals surface area contributed by atoms with Gasteiger partial charge in [-0.25, -0.2) is 0 Å². The fourth-order valence-corrected chi connectivity index (χ4v) is 5.02. The summed E-state index contributed by atoms with van der Waals surface area (Å²) >= 11 is 2.25. The molecule has 0 amide bonds. The van der Waals surface area contributed by atoms with E-state index < -0.39 is 0 Å². The molecule has 2 aliphatic carbocycles. The van der Waals surface area contributed by atoms with Gasteiger partial charge >= 0.3 is 0 Å². The Balaban J connectivity index is 1.78. The van der Waals surface area contributed by atoms with Crippen LogP contribution in [0.5, 0.6) is 0 Å². The zero-order chi connectivity index (χ0) is 11.2. The van der Waals surface area contributed by atoms with E-state index in [0.717, 1.165) is 23.0 Å². The van der Waals surface area contributed by atoms with Gasteiger partial charge in [-0.1, -0.05) is 38.5 Å². The molecular weight excluding hydrogens is 214 g/mol. The molecule has 1 unspecified atom stereocenters. The minimum Gasteiger partial charge on any atom is -0.329 e. The summed E-state index contributed by atoms with van der Waals surface area (Å²) in [6.45, 7) is 0.909. The predicted octanol–water partition coefficient (Wildman–Crippen LogP) is 3.96. The first-order valence-electron chi connectivity index (χ1n) is 7.25. The number of hydrogen-bond acceptors (Lipinski definition) is 2. The highest BCUT2D eigenvalue weighted by molar-refractivity contribution is 8.00. The lowest BCUT2D eigenvalue weighted by molar-refractivity contribution is 0.349. The van der Waals surface area contributed by atoms with Gasteiger partial charge in [0.15, 0.2) is 0 Å². The Morgan fingerprint density at radius 2 is 1.44 bits per heavy atom. The first-order valence-corrected chi connectivity index (χ1v) is 8.20. The molecule has 0 saturated heterocycles. The maximum absolute atomic E-state index is 6.00. The van der Waals surface area contributed by atoms with Crippen molar-refractivity contribution in [3.05, 3.63) is 0 Å². The monoisotopic (exact) mass is 241 g/mol. The fourth-order valence-electron chi connectivity index (χ4n) is 3.31. The van der Waals surface area contributed by atoms with E-state index in [0.29, 0.717) is 0 Å². The molecule has 1 atom stereocenters. The second kappa shape index (κ2) is 6.90. The Morgan fingerprint density at radius 3 is 2.00 bits per heavy atom. The average molecular weight is 241 g/mol. The SMILES string of the molecule is NCC(SC1CCCCC1)C1CCCCC1. The average Bonchev–Trinajstić information content (AvgIpc) is 2.38. The van der Waals surface area contributed by atoms with Gasteiger partial charge in [0.1, 0.15) is 0 Å². The van der Waals surface area contributed by atoms with Gasteiger partial charge in [0, 0.05) is 17.0 Å². The Bertz CT molecular complexity index is 183. The first kappa shape index (κ1) is 12.8. The molecule has 0 spiro atoms. The number of thioether (sulfide) groups is 1. The van der Waals surface area contributed by atoms with E-state index in [-0.39, 0.29) is 0 Å². The molecule has 2 rings (SSSR count). The van der Waals surface area contributed by atoms with Crippen molar-refractivity contribution in [2.75, 3.05) is 6.54 Å². The van der Waals surface area contributed by atoms with Crippen LogP contribution in [0.4, 0.5) is 0 Å². The normalized spacial score (nSPS) is 26.8. The molecule has 2 N–H and O–H groups in total. The molecule has 94 valence electrons. The molecule has 16 heavy (non-hydrogen) atoms. The minimum atomic E-state index is 0.767. The van der Waals surface area contributed by atoms with Crippen molar-refractivity contribution in [1.82, 2.24) is 0 Å². The molecule has 0 aromatic heterocycles. The summed E-state index contributed by atoms with van der Waals surface area (Å²) in [5.74, 6) is 0.936. The largest absolute Gasteiger partial charge is 0.329 e. The molecule has 2 fully saturated rings. The molecule has 1 nitrogen and oxygen atoms in total. The summed E-state index contributed by atoms with van der Waals surface area (Å²) in [5, 5.41) is 1.70. The van der Waals surface area contributed by atoms with E-state index in [1.165, 1.54) is 64.2 Å². The van der Waals surface area contributed by atoms with Gasteiger partial charge in [-0.15, -0.1) is 0 Å². The second-order valence-electron chi connectivity index (χ2n) is 5.57. The third-order valence-electron chi connectivity index (χ3n) is 4.33. The van der Waals surface area contributed by atoms with Crippen LogP contribution in [-0.2, 0) is 0 Å². The van der Waals surface area contributed by atoms with Crippen molar-refractivity contribution in [1.29, 1.82) is 0 Å². The zero-order valence-corrected chi connectivity index (χ0v) is 11.3. The van der Waals surface area contributed by atoms with Crippen molar-refractivity contribution < 1.29 is 0 Å². The lowest BCUT2D eigenvalue weighted by Crippen LogP contribution is -2.30.